The van der Waals surface area contributed by atoms with Crippen LogP contribution in [0.4, 0.5) is 0 Å². The Bertz CT molecular complexity index is 430. The molecule has 1 atom stereocenters. The molecule has 1 unspecified atom stereocenters. The second-order valence-corrected chi connectivity index (χ2v) is 5.89. The van der Waals surface area contributed by atoms with Gasteiger partial charge in [-0.25, -0.2) is 19.2 Å². The van der Waals surface area contributed by atoms with Crippen molar-refractivity contribution in [3.05, 3.63) is 0 Å². The van der Waals surface area contributed by atoms with E-state index in [4.69, 9.17) is 44.7 Å². The minimum atomic E-state index is -1.82. The Hall–Kier alpha value is -2.24. The molecule has 2 rings (SSSR count). The molecule has 0 saturated carbocycles. The lowest BCUT2D eigenvalue weighted by Crippen LogP contribution is -2.47. The third-order valence-corrected chi connectivity index (χ3v) is 4.00. The molecule has 0 aromatic heterocycles. The Labute approximate surface area is 150 Å². The Morgan fingerprint density at radius 3 is 1.69 bits per heavy atom. The van der Waals surface area contributed by atoms with Crippen molar-refractivity contribution in [1.82, 2.24) is 10.2 Å². The van der Waals surface area contributed by atoms with Gasteiger partial charge in [0.05, 0.1) is 0 Å². The summed E-state index contributed by atoms with van der Waals surface area (Å²) in [4.78, 5) is 39.0. The van der Waals surface area contributed by atoms with Crippen LogP contribution in [0.5, 0.6) is 0 Å². The molecular weight excluding hydrogens is 352 g/mol. The highest BCUT2D eigenvalue weighted by molar-refractivity contribution is 6.27. The maximum Gasteiger partial charge on any atom is 0.414 e. The van der Waals surface area contributed by atoms with Crippen LogP contribution in [0, 0.1) is 5.92 Å². The minimum Gasteiger partial charge on any atom is -0.473 e. The molecule has 150 valence electrons. The average Bonchev–Trinajstić information content (AvgIpc) is 2.63. The average molecular weight is 378 g/mol. The van der Waals surface area contributed by atoms with E-state index in [1.807, 2.05) is 0 Å². The molecule has 2 fully saturated rings. The van der Waals surface area contributed by atoms with Crippen LogP contribution in [-0.2, 0) is 19.2 Å². The predicted octanol–water partition coefficient (Wildman–Crippen LogP) is -1.25. The molecule has 0 aliphatic carbocycles. The lowest BCUT2D eigenvalue weighted by Gasteiger charge is -2.39. The van der Waals surface area contributed by atoms with E-state index in [9.17, 15) is 0 Å². The van der Waals surface area contributed by atoms with Gasteiger partial charge < -0.3 is 30.8 Å². The lowest BCUT2D eigenvalue weighted by atomic mass is 9.95. The zero-order valence-electron chi connectivity index (χ0n) is 14.3. The third-order valence-electron chi connectivity index (χ3n) is 4.00. The number of hydrogen-bond acceptors (Lipinski definition) is 7. The second-order valence-electron chi connectivity index (χ2n) is 5.89. The number of nitrogens with one attached hydrogen (secondary N) is 1. The molecule has 0 aromatic rings. The molecule has 6 N–H and O–H groups in total. The van der Waals surface area contributed by atoms with Gasteiger partial charge in [-0.3, -0.25) is 4.90 Å². The minimum absolute atomic E-state index is 0.376. The first kappa shape index (κ1) is 23.8. The highest BCUT2D eigenvalue weighted by Gasteiger charge is 2.26. The van der Waals surface area contributed by atoms with Crippen molar-refractivity contribution in [2.75, 3.05) is 32.8 Å². The van der Waals surface area contributed by atoms with Gasteiger partial charge in [0.2, 0.25) is 0 Å². The van der Waals surface area contributed by atoms with E-state index in [-0.39, 0.29) is 0 Å². The van der Waals surface area contributed by atoms with Crippen LogP contribution in [0.1, 0.15) is 25.7 Å². The van der Waals surface area contributed by atoms with Crippen molar-refractivity contribution in [2.45, 2.75) is 31.7 Å². The SMILES string of the molecule is O=C(O)C(=O)O.O=C(O)C(=O)O.OCC1CCCN(C2CCNCC2)C1. The van der Waals surface area contributed by atoms with Crippen LogP contribution in [0.25, 0.3) is 0 Å². The van der Waals surface area contributed by atoms with Gasteiger partial charge in [0.25, 0.3) is 0 Å². The van der Waals surface area contributed by atoms with Crippen LogP contribution in [0.2, 0.25) is 0 Å². The largest absolute Gasteiger partial charge is 0.473 e. The van der Waals surface area contributed by atoms with E-state index >= 15 is 0 Å². The highest BCUT2D eigenvalue weighted by atomic mass is 16.4. The fourth-order valence-electron chi connectivity index (χ4n) is 2.75. The monoisotopic (exact) mass is 378 g/mol. The van der Waals surface area contributed by atoms with Gasteiger partial charge in [-0.15, -0.1) is 0 Å². The van der Waals surface area contributed by atoms with Gasteiger partial charge in [0.1, 0.15) is 0 Å². The summed E-state index contributed by atoms with van der Waals surface area (Å²) in [6, 6.07) is 0.783. The number of aliphatic hydroxyl groups excluding tert-OH is 1. The third kappa shape index (κ3) is 10.6. The van der Waals surface area contributed by atoms with Crippen LogP contribution < -0.4 is 5.32 Å². The summed E-state index contributed by atoms with van der Waals surface area (Å²) in [5.74, 6) is -6.76. The van der Waals surface area contributed by atoms with Crippen LogP contribution >= 0.6 is 0 Å². The summed E-state index contributed by atoms with van der Waals surface area (Å²) >= 11 is 0. The van der Waals surface area contributed by atoms with Crippen LogP contribution in [0.15, 0.2) is 0 Å². The quantitative estimate of drug-likeness (QED) is 0.315. The fraction of sp³-hybridized carbons (Fsp3) is 0.733. The number of nitrogens with zero attached hydrogens (tertiary/aromatic N) is 1. The normalized spacial score (nSPS) is 20.6. The van der Waals surface area contributed by atoms with Gasteiger partial charge >= 0.3 is 23.9 Å². The maximum atomic E-state index is 9.17. The van der Waals surface area contributed by atoms with Crippen molar-refractivity contribution in [2.24, 2.45) is 5.92 Å². The molecule has 11 heteroatoms. The van der Waals surface area contributed by atoms with E-state index in [2.05, 4.69) is 10.2 Å². The van der Waals surface area contributed by atoms with E-state index in [0.717, 1.165) is 12.6 Å². The molecule has 0 radical (unpaired) electrons. The number of carbonyl (C=O) groups is 4. The number of aliphatic hydroxyl groups is 1. The first-order valence-corrected chi connectivity index (χ1v) is 8.17. The summed E-state index contributed by atoms with van der Waals surface area (Å²) in [6.45, 7) is 5.10. The van der Waals surface area contributed by atoms with Gasteiger partial charge in [0.15, 0.2) is 0 Å². The molecule has 2 saturated heterocycles. The van der Waals surface area contributed by atoms with Crippen molar-refractivity contribution >= 4 is 23.9 Å². The van der Waals surface area contributed by atoms with Crippen molar-refractivity contribution in [3.63, 3.8) is 0 Å². The lowest BCUT2D eigenvalue weighted by molar-refractivity contribution is -0.159. The standard InChI is InChI=1S/C11H22N2O.2C2H2O4/c14-9-10-2-1-7-13(8-10)11-3-5-12-6-4-11;2*3-1(4)2(5)6/h10-12,14H,1-9H2;2*(H,3,4)(H,5,6). The Balaban J connectivity index is 0.000000437. The summed E-state index contributed by atoms with van der Waals surface area (Å²) in [5.41, 5.74) is 0. The number of aliphatic carboxylic acids is 4. The number of hydrogen-bond donors (Lipinski definition) is 6. The predicted molar refractivity (Wildman–Crippen MR) is 87.8 cm³/mol. The Morgan fingerprint density at radius 1 is 0.846 bits per heavy atom. The van der Waals surface area contributed by atoms with E-state index in [0.29, 0.717) is 12.5 Å². The number of carboxylic acid groups (broad SMARTS) is 4. The first-order chi connectivity index (χ1) is 12.2. The molecule has 2 aliphatic heterocycles. The maximum absolute atomic E-state index is 9.17. The first-order valence-electron chi connectivity index (χ1n) is 8.17. The van der Waals surface area contributed by atoms with Crippen molar-refractivity contribution in [3.8, 4) is 0 Å². The van der Waals surface area contributed by atoms with Crippen LogP contribution in [-0.4, -0.2) is 93.1 Å². The van der Waals surface area contributed by atoms with Crippen LogP contribution in [0.3, 0.4) is 0 Å². The van der Waals surface area contributed by atoms with E-state index in [1.165, 1.54) is 45.3 Å². The molecular formula is C15H26N2O9. The topological polar surface area (TPSA) is 185 Å². The molecule has 11 nitrogen and oxygen atoms in total. The molecule has 2 heterocycles. The summed E-state index contributed by atoms with van der Waals surface area (Å²) < 4.78 is 0. The van der Waals surface area contributed by atoms with Crippen molar-refractivity contribution in [1.29, 1.82) is 0 Å². The second kappa shape index (κ2) is 13.0. The number of carboxylic acids is 4. The molecule has 0 amide bonds. The van der Waals surface area contributed by atoms with Gasteiger partial charge in [-0.05, 0) is 51.2 Å². The van der Waals surface area contributed by atoms with Gasteiger partial charge in [0, 0.05) is 19.2 Å². The Kier molecular flexibility index (Phi) is 11.9. The number of rotatable bonds is 2. The summed E-state index contributed by atoms with van der Waals surface area (Å²) in [6.07, 6.45) is 5.07. The van der Waals surface area contributed by atoms with Gasteiger partial charge in [-0.1, -0.05) is 0 Å². The molecule has 26 heavy (non-hydrogen) atoms. The van der Waals surface area contributed by atoms with Crippen molar-refractivity contribution < 1.29 is 44.7 Å². The zero-order valence-corrected chi connectivity index (χ0v) is 14.3. The van der Waals surface area contributed by atoms with E-state index < -0.39 is 23.9 Å². The highest BCUT2D eigenvalue weighted by Crippen LogP contribution is 2.21. The summed E-state index contributed by atoms with van der Waals surface area (Å²) in [5, 5.41) is 42.1. The number of piperidine rings is 2. The molecule has 0 aromatic carbocycles. The molecule has 0 spiro atoms. The van der Waals surface area contributed by atoms with Gasteiger partial charge in [-0.2, -0.15) is 0 Å². The smallest absolute Gasteiger partial charge is 0.414 e. The fourth-order valence-corrected chi connectivity index (χ4v) is 2.75. The summed E-state index contributed by atoms with van der Waals surface area (Å²) in [7, 11) is 0. The molecule has 2 aliphatic rings. The zero-order chi connectivity index (χ0) is 20.1. The van der Waals surface area contributed by atoms with E-state index in [1.54, 1.807) is 0 Å². The Morgan fingerprint density at radius 2 is 1.31 bits per heavy atom. The number of likely N-dealkylation sites (tertiary alicyclic amines) is 1. The molecule has 0 bridgehead atoms.